The topological polar surface area (TPSA) is 9.23 Å². The van der Waals surface area contributed by atoms with Crippen LogP contribution in [0.15, 0.2) is 0 Å². The molecule has 0 aliphatic rings. The Balaban J connectivity index is 0. The predicted octanol–water partition coefficient (Wildman–Crippen LogP) is 3.58. The molecular weight excluding hydrogens is 501 g/mol. The summed E-state index contributed by atoms with van der Waals surface area (Å²) in [6.07, 6.45) is 0. The van der Waals surface area contributed by atoms with E-state index in [-0.39, 0.29) is 0 Å². The van der Waals surface area contributed by atoms with E-state index in [1.807, 2.05) is 13.8 Å². The van der Waals surface area contributed by atoms with Crippen molar-refractivity contribution in [1.82, 2.24) is 0 Å². The van der Waals surface area contributed by atoms with Gasteiger partial charge in [-0.15, -0.1) is 0 Å². The van der Waals surface area contributed by atoms with E-state index in [4.69, 9.17) is 4.74 Å². The van der Waals surface area contributed by atoms with Gasteiger partial charge < -0.3 is 4.74 Å². The Hall–Kier alpha value is 2.14. The van der Waals surface area contributed by atoms with E-state index in [9.17, 15) is 0 Å². The van der Waals surface area contributed by atoms with Crippen molar-refractivity contribution in [1.29, 1.82) is 0 Å². The van der Waals surface area contributed by atoms with Crippen molar-refractivity contribution in [3.63, 3.8) is 0 Å². The summed E-state index contributed by atoms with van der Waals surface area (Å²) < 4.78 is 4.83. The average molecular weight is 511 g/mol. The molecule has 0 rings (SSSR count). The van der Waals surface area contributed by atoms with Gasteiger partial charge in [-0.05, 0) is 13.8 Å². The molecular formula is C4H10AuBr3O. The Morgan fingerprint density at radius 2 is 1.33 bits per heavy atom. The summed E-state index contributed by atoms with van der Waals surface area (Å²) in [5.74, 6) is 0. The molecule has 64 valence electrons. The first-order valence-electron chi connectivity index (χ1n) is 2.33. The van der Waals surface area contributed by atoms with E-state index in [0.717, 1.165) is 13.2 Å². The van der Waals surface area contributed by atoms with Crippen LogP contribution in [0.5, 0.6) is 0 Å². The van der Waals surface area contributed by atoms with Gasteiger partial charge in [-0.1, -0.05) is 0 Å². The van der Waals surface area contributed by atoms with Crippen LogP contribution in [0.3, 0.4) is 0 Å². The van der Waals surface area contributed by atoms with Crippen molar-refractivity contribution in [3.8, 4) is 0 Å². The Bertz CT molecular complexity index is 40.0. The van der Waals surface area contributed by atoms with Crippen LogP contribution in [0.4, 0.5) is 0 Å². The third kappa shape index (κ3) is 39.2. The maximum absolute atomic E-state index is 4.83. The number of rotatable bonds is 2. The van der Waals surface area contributed by atoms with Gasteiger partial charge in [-0.25, -0.2) is 0 Å². The minimum atomic E-state index is -0.766. The quantitative estimate of drug-likeness (QED) is 0.516. The zero-order valence-corrected chi connectivity index (χ0v) is 12.2. The fraction of sp³-hybridized carbons (Fsp3) is 1.00. The first kappa shape index (κ1) is 13.7. The third-order valence-corrected chi connectivity index (χ3v) is 0.408. The summed E-state index contributed by atoms with van der Waals surface area (Å²) in [6, 6.07) is 0. The Morgan fingerprint density at radius 3 is 1.33 bits per heavy atom. The van der Waals surface area contributed by atoms with Crippen molar-refractivity contribution in [2.45, 2.75) is 13.8 Å². The van der Waals surface area contributed by atoms with E-state index in [1.54, 1.807) is 0 Å². The van der Waals surface area contributed by atoms with Gasteiger partial charge in [0.1, 0.15) is 0 Å². The first-order valence-corrected chi connectivity index (χ1v) is 16.5. The van der Waals surface area contributed by atoms with Crippen LogP contribution in [0.25, 0.3) is 0 Å². The van der Waals surface area contributed by atoms with Crippen LogP contribution in [-0.4, -0.2) is 13.2 Å². The summed E-state index contributed by atoms with van der Waals surface area (Å²) in [5.41, 5.74) is 0. The summed E-state index contributed by atoms with van der Waals surface area (Å²) >= 11 is 8.99. The summed E-state index contributed by atoms with van der Waals surface area (Å²) in [5, 5.41) is 0. The van der Waals surface area contributed by atoms with Gasteiger partial charge in [0, 0.05) is 13.2 Å². The van der Waals surface area contributed by atoms with Crippen molar-refractivity contribution >= 4 is 39.1 Å². The standard InChI is InChI=1S/C4H10O.Au.3BrH/c1-3-5-4-2;;;;/h3-4H2,1-2H3;;3*1H/q;+3;;;/p-3. The molecule has 0 heterocycles. The first-order chi connectivity index (χ1) is 4.15. The fourth-order valence-electron chi connectivity index (χ4n) is 0.204. The van der Waals surface area contributed by atoms with Crippen molar-refractivity contribution < 1.29 is 16.8 Å². The molecule has 0 aliphatic carbocycles. The number of hydrogen-bond donors (Lipinski definition) is 0. The number of hydrogen-bond acceptors (Lipinski definition) is 1. The number of halogens is 3. The van der Waals surface area contributed by atoms with E-state index in [0.29, 0.717) is 0 Å². The van der Waals surface area contributed by atoms with Gasteiger partial charge in [0.15, 0.2) is 0 Å². The van der Waals surface area contributed by atoms with Crippen molar-refractivity contribution in [2.24, 2.45) is 0 Å². The zero-order chi connectivity index (χ0) is 7.70. The van der Waals surface area contributed by atoms with Crippen LogP contribution in [0, 0.1) is 0 Å². The normalized spacial score (nSPS) is 9.67. The molecule has 0 spiro atoms. The molecule has 0 atom stereocenters. The van der Waals surface area contributed by atoms with Crippen LogP contribution >= 0.6 is 39.1 Å². The average Bonchev–Trinajstić information content (AvgIpc) is 1.66. The molecule has 5 heteroatoms. The summed E-state index contributed by atoms with van der Waals surface area (Å²) in [7, 11) is 0. The molecule has 0 amide bonds. The van der Waals surface area contributed by atoms with Crippen LogP contribution in [0.1, 0.15) is 13.8 Å². The van der Waals surface area contributed by atoms with E-state index < -0.39 is 12.0 Å². The second kappa shape index (κ2) is 12.8. The molecule has 0 unspecified atom stereocenters. The van der Waals surface area contributed by atoms with Crippen molar-refractivity contribution in [3.05, 3.63) is 0 Å². The number of ether oxygens (including phenoxy) is 1. The van der Waals surface area contributed by atoms with Crippen molar-refractivity contribution in [2.75, 3.05) is 13.2 Å². The second-order valence-corrected chi connectivity index (χ2v) is 29.3. The molecule has 0 aromatic heterocycles. The Morgan fingerprint density at radius 1 is 1.11 bits per heavy atom. The Labute approximate surface area is 81.9 Å². The molecule has 0 saturated carbocycles. The molecule has 0 aromatic carbocycles. The molecule has 0 aromatic rings. The van der Waals surface area contributed by atoms with Gasteiger partial charge >= 0.3 is 51.1 Å². The molecule has 0 N–H and O–H groups in total. The Kier molecular flexibility index (Phi) is 19.5. The van der Waals surface area contributed by atoms with Gasteiger partial charge in [0.05, 0.1) is 0 Å². The van der Waals surface area contributed by atoms with E-state index in [1.165, 1.54) is 0 Å². The molecule has 0 radical (unpaired) electrons. The molecule has 1 nitrogen and oxygen atoms in total. The van der Waals surface area contributed by atoms with Gasteiger partial charge in [0.2, 0.25) is 0 Å². The predicted molar refractivity (Wildman–Crippen MR) is 48.9 cm³/mol. The van der Waals surface area contributed by atoms with Crippen LogP contribution in [0.2, 0.25) is 0 Å². The van der Waals surface area contributed by atoms with Gasteiger partial charge in [-0.3, -0.25) is 0 Å². The van der Waals surface area contributed by atoms with Gasteiger partial charge in [0.25, 0.3) is 0 Å². The SMILES string of the molecule is CCOCC.[Br][Au]([Br])[Br]. The van der Waals surface area contributed by atoms with Crippen LogP contribution < -0.4 is 0 Å². The van der Waals surface area contributed by atoms with E-state index in [2.05, 4.69) is 39.1 Å². The molecule has 0 saturated heterocycles. The van der Waals surface area contributed by atoms with E-state index >= 15 is 0 Å². The molecule has 0 aliphatic heterocycles. The maximum atomic E-state index is 4.83. The van der Waals surface area contributed by atoms with Gasteiger partial charge in [-0.2, -0.15) is 0 Å². The summed E-state index contributed by atoms with van der Waals surface area (Å²) in [4.78, 5) is 0. The van der Waals surface area contributed by atoms with Crippen LogP contribution in [-0.2, 0) is 16.8 Å². The second-order valence-electron chi connectivity index (χ2n) is 0.911. The summed E-state index contributed by atoms with van der Waals surface area (Å²) in [6.45, 7) is 5.67. The zero-order valence-electron chi connectivity index (χ0n) is 5.26. The fourth-order valence-corrected chi connectivity index (χ4v) is 0.204. The third-order valence-electron chi connectivity index (χ3n) is 0.408. The molecule has 0 fully saturated rings. The molecule has 9 heavy (non-hydrogen) atoms. The molecule has 0 bridgehead atoms. The minimum absolute atomic E-state index is 0.766. The monoisotopic (exact) mass is 508 g/mol.